The number of esters is 1. The topological polar surface area (TPSA) is 56.5 Å². The van der Waals surface area contributed by atoms with E-state index in [2.05, 4.69) is 14.7 Å². The second-order valence-corrected chi connectivity index (χ2v) is 2.44. The molecule has 2 aromatic heterocycles. The monoisotopic (exact) mass is 213 g/mol. The van der Waals surface area contributed by atoms with Crippen LogP contribution in [0.5, 0.6) is 0 Å². The van der Waals surface area contributed by atoms with Gasteiger partial charge in [-0.2, -0.15) is 0 Å². The van der Waals surface area contributed by atoms with Crippen LogP contribution in [0.4, 0.5) is 0 Å². The molecule has 74 valence electrons. The SMILES string of the molecule is COC(=O)c1ccn2ccnc2n1.Cl. The van der Waals surface area contributed by atoms with Crippen molar-refractivity contribution in [2.45, 2.75) is 0 Å². The molecule has 0 saturated heterocycles. The van der Waals surface area contributed by atoms with Gasteiger partial charge in [0.15, 0.2) is 5.69 Å². The Morgan fingerprint density at radius 1 is 1.50 bits per heavy atom. The van der Waals surface area contributed by atoms with E-state index in [1.54, 1.807) is 29.1 Å². The smallest absolute Gasteiger partial charge is 0.356 e. The normalized spacial score (nSPS) is 9.50. The van der Waals surface area contributed by atoms with Gasteiger partial charge in [0, 0.05) is 18.6 Å². The van der Waals surface area contributed by atoms with Crippen LogP contribution >= 0.6 is 12.4 Å². The van der Waals surface area contributed by atoms with Gasteiger partial charge in [0.05, 0.1) is 7.11 Å². The van der Waals surface area contributed by atoms with Gasteiger partial charge >= 0.3 is 5.97 Å². The molecule has 0 spiro atoms. The highest BCUT2D eigenvalue weighted by Gasteiger charge is 2.07. The van der Waals surface area contributed by atoms with Gasteiger partial charge in [-0.1, -0.05) is 0 Å². The molecule has 0 bridgehead atoms. The Balaban J connectivity index is 0.000000980. The van der Waals surface area contributed by atoms with E-state index in [0.29, 0.717) is 5.78 Å². The summed E-state index contributed by atoms with van der Waals surface area (Å²) in [5, 5.41) is 0. The maximum atomic E-state index is 11.1. The lowest BCUT2D eigenvalue weighted by Gasteiger charge is -1.97. The van der Waals surface area contributed by atoms with Crippen LogP contribution < -0.4 is 0 Å². The summed E-state index contributed by atoms with van der Waals surface area (Å²) in [6.45, 7) is 0. The summed E-state index contributed by atoms with van der Waals surface area (Å²) in [4.78, 5) is 19.0. The molecule has 0 aromatic carbocycles. The summed E-state index contributed by atoms with van der Waals surface area (Å²) >= 11 is 0. The van der Waals surface area contributed by atoms with Crippen molar-refractivity contribution in [1.82, 2.24) is 14.4 Å². The number of carbonyl (C=O) groups is 1. The first kappa shape index (κ1) is 10.5. The Hall–Kier alpha value is -1.62. The molecule has 2 heterocycles. The summed E-state index contributed by atoms with van der Waals surface area (Å²) in [5.74, 6) is 0.0356. The van der Waals surface area contributed by atoms with E-state index in [0.717, 1.165) is 0 Å². The van der Waals surface area contributed by atoms with Gasteiger partial charge < -0.3 is 4.74 Å². The Bertz CT molecular complexity index is 455. The van der Waals surface area contributed by atoms with E-state index in [1.165, 1.54) is 7.11 Å². The fourth-order valence-electron chi connectivity index (χ4n) is 1.02. The molecule has 6 heteroatoms. The van der Waals surface area contributed by atoms with Crippen LogP contribution in [0.1, 0.15) is 10.5 Å². The molecule has 0 aliphatic heterocycles. The number of carbonyl (C=O) groups excluding carboxylic acids is 1. The molecular weight excluding hydrogens is 206 g/mol. The van der Waals surface area contributed by atoms with Crippen LogP contribution in [0.25, 0.3) is 5.78 Å². The summed E-state index contributed by atoms with van der Waals surface area (Å²) in [6, 6.07) is 1.58. The van der Waals surface area contributed by atoms with Gasteiger partial charge in [0.1, 0.15) is 0 Å². The predicted molar refractivity (Wildman–Crippen MR) is 51.6 cm³/mol. The van der Waals surface area contributed by atoms with Crippen LogP contribution in [0.2, 0.25) is 0 Å². The van der Waals surface area contributed by atoms with Gasteiger partial charge in [-0.05, 0) is 6.07 Å². The number of imidazole rings is 1. The largest absolute Gasteiger partial charge is 0.464 e. The first-order chi connectivity index (χ1) is 6.31. The molecule has 0 atom stereocenters. The van der Waals surface area contributed by atoms with Crippen LogP contribution in [-0.4, -0.2) is 27.4 Å². The van der Waals surface area contributed by atoms with Crippen molar-refractivity contribution in [3.05, 3.63) is 30.4 Å². The molecule has 0 fully saturated rings. The van der Waals surface area contributed by atoms with E-state index in [-0.39, 0.29) is 18.1 Å². The van der Waals surface area contributed by atoms with Crippen molar-refractivity contribution < 1.29 is 9.53 Å². The Kier molecular flexibility index (Phi) is 3.03. The van der Waals surface area contributed by atoms with Crippen molar-refractivity contribution >= 4 is 24.2 Å². The fraction of sp³-hybridized carbons (Fsp3) is 0.125. The second kappa shape index (κ2) is 4.06. The molecule has 2 rings (SSSR count). The van der Waals surface area contributed by atoms with Gasteiger partial charge in [-0.25, -0.2) is 14.8 Å². The highest BCUT2D eigenvalue weighted by atomic mass is 35.5. The molecule has 0 aliphatic carbocycles. The lowest BCUT2D eigenvalue weighted by molar-refractivity contribution is 0.0594. The summed E-state index contributed by atoms with van der Waals surface area (Å²) in [5.41, 5.74) is 0.265. The number of methoxy groups -OCH3 is 1. The molecule has 0 unspecified atom stereocenters. The zero-order valence-corrected chi connectivity index (χ0v) is 8.19. The van der Waals surface area contributed by atoms with Gasteiger partial charge in [-0.15, -0.1) is 12.4 Å². The first-order valence-corrected chi connectivity index (χ1v) is 3.69. The summed E-state index contributed by atoms with van der Waals surface area (Å²) in [6.07, 6.45) is 5.08. The number of halogens is 1. The molecule has 0 amide bonds. The first-order valence-electron chi connectivity index (χ1n) is 3.69. The number of hydrogen-bond acceptors (Lipinski definition) is 4. The van der Waals surface area contributed by atoms with Gasteiger partial charge in [-0.3, -0.25) is 4.40 Å². The summed E-state index contributed by atoms with van der Waals surface area (Å²) < 4.78 is 6.24. The molecule has 5 nitrogen and oxygen atoms in total. The van der Waals surface area contributed by atoms with E-state index >= 15 is 0 Å². The number of fused-ring (bicyclic) bond motifs is 1. The molecule has 2 aromatic rings. The van der Waals surface area contributed by atoms with Crippen LogP contribution in [0.15, 0.2) is 24.7 Å². The van der Waals surface area contributed by atoms with Crippen molar-refractivity contribution in [3.8, 4) is 0 Å². The van der Waals surface area contributed by atoms with Crippen LogP contribution in [-0.2, 0) is 4.74 Å². The molecule has 0 aliphatic rings. The zero-order valence-electron chi connectivity index (χ0n) is 7.38. The Labute approximate surface area is 86.1 Å². The average Bonchev–Trinajstić information content (AvgIpc) is 2.63. The third-order valence-corrected chi connectivity index (χ3v) is 1.66. The van der Waals surface area contributed by atoms with E-state index in [1.807, 2.05) is 0 Å². The number of aromatic nitrogens is 3. The minimum Gasteiger partial charge on any atom is -0.464 e. The minimum atomic E-state index is -0.453. The number of rotatable bonds is 1. The zero-order chi connectivity index (χ0) is 9.26. The number of ether oxygens (including phenoxy) is 1. The Morgan fingerprint density at radius 2 is 2.29 bits per heavy atom. The third-order valence-electron chi connectivity index (χ3n) is 1.66. The van der Waals surface area contributed by atoms with Crippen molar-refractivity contribution in [1.29, 1.82) is 0 Å². The quantitative estimate of drug-likeness (QED) is 0.662. The average molecular weight is 214 g/mol. The highest BCUT2D eigenvalue weighted by Crippen LogP contribution is 2.00. The van der Waals surface area contributed by atoms with Crippen LogP contribution in [0, 0.1) is 0 Å². The predicted octanol–water partition coefficient (Wildman–Crippen LogP) is 0.938. The van der Waals surface area contributed by atoms with Gasteiger partial charge in [0.25, 0.3) is 0 Å². The lowest BCUT2D eigenvalue weighted by atomic mass is 10.4. The van der Waals surface area contributed by atoms with E-state index in [4.69, 9.17) is 0 Å². The fourth-order valence-corrected chi connectivity index (χ4v) is 1.02. The second-order valence-electron chi connectivity index (χ2n) is 2.44. The lowest BCUT2D eigenvalue weighted by Crippen LogP contribution is -2.05. The van der Waals surface area contributed by atoms with Crippen molar-refractivity contribution in [3.63, 3.8) is 0 Å². The number of nitrogens with zero attached hydrogens (tertiary/aromatic N) is 3. The van der Waals surface area contributed by atoms with E-state index < -0.39 is 5.97 Å². The molecule has 0 saturated carbocycles. The minimum absolute atomic E-state index is 0. The van der Waals surface area contributed by atoms with Crippen LogP contribution in [0.3, 0.4) is 0 Å². The number of hydrogen-bond donors (Lipinski definition) is 0. The van der Waals surface area contributed by atoms with Crippen molar-refractivity contribution in [2.24, 2.45) is 0 Å². The molecule has 0 N–H and O–H groups in total. The standard InChI is InChI=1S/C8H7N3O2.ClH/c1-13-7(12)6-2-4-11-5-3-9-8(11)10-6;/h2-5H,1H3;1H. The maximum absolute atomic E-state index is 11.1. The maximum Gasteiger partial charge on any atom is 0.356 e. The van der Waals surface area contributed by atoms with E-state index in [9.17, 15) is 4.79 Å². The molecule has 0 radical (unpaired) electrons. The van der Waals surface area contributed by atoms with Crippen molar-refractivity contribution in [2.75, 3.05) is 7.11 Å². The molecule has 14 heavy (non-hydrogen) atoms. The third kappa shape index (κ3) is 1.67. The Morgan fingerprint density at radius 3 is 3.00 bits per heavy atom. The van der Waals surface area contributed by atoms with Gasteiger partial charge in [0.2, 0.25) is 5.78 Å². The molecular formula is C8H8ClN3O2. The summed E-state index contributed by atoms with van der Waals surface area (Å²) in [7, 11) is 1.32. The highest BCUT2D eigenvalue weighted by molar-refractivity contribution is 5.87.